The van der Waals surface area contributed by atoms with E-state index in [1.165, 1.54) is 0 Å². The predicted octanol–water partition coefficient (Wildman–Crippen LogP) is 0.841. The highest BCUT2D eigenvalue weighted by atomic mass is 31.2. The fourth-order valence-corrected chi connectivity index (χ4v) is 1.09. The van der Waals surface area contributed by atoms with Crippen LogP contribution in [0.1, 0.15) is 6.92 Å². The minimum Gasteiger partial charge on any atom is -0.324 e. The molecule has 52 valence electrons. The molecule has 9 heavy (non-hydrogen) atoms. The van der Waals surface area contributed by atoms with E-state index in [1.807, 2.05) is 0 Å². The van der Waals surface area contributed by atoms with Crippen LogP contribution in [0.2, 0.25) is 0 Å². The minimum absolute atomic E-state index is 0.208. The van der Waals surface area contributed by atoms with Gasteiger partial charge in [0.05, 0.1) is 6.61 Å². The lowest BCUT2D eigenvalue weighted by Crippen LogP contribution is -1.91. The molecule has 0 heterocycles. The molecule has 0 bridgehead atoms. The van der Waals surface area contributed by atoms with Crippen molar-refractivity contribution in [3.8, 4) is 12.3 Å². The summed E-state index contributed by atoms with van der Waals surface area (Å²) in [5.41, 5.74) is 0. The van der Waals surface area contributed by atoms with Gasteiger partial charge in [-0.05, 0) is 6.92 Å². The monoisotopic (exact) mass is 148 g/mol. The van der Waals surface area contributed by atoms with Gasteiger partial charge in [0, 0.05) is 0 Å². The SMILES string of the molecule is C#CCP(=O)(O)OCC. The highest BCUT2D eigenvalue weighted by molar-refractivity contribution is 7.53. The average Bonchev–Trinajstić information content (AvgIpc) is 1.64. The van der Waals surface area contributed by atoms with E-state index in [9.17, 15) is 4.57 Å². The third kappa shape index (κ3) is 4.23. The van der Waals surface area contributed by atoms with E-state index in [4.69, 9.17) is 11.3 Å². The maximum absolute atomic E-state index is 10.6. The fraction of sp³-hybridized carbons (Fsp3) is 0.600. The summed E-state index contributed by atoms with van der Waals surface area (Å²) in [7, 11) is -3.43. The van der Waals surface area contributed by atoms with Crippen molar-refractivity contribution in [2.75, 3.05) is 12.8 Å². The van der Waals surface area contributed by atoms with E-state index in [-0.39, 0.29) is 12.8 Å². The fourth-order valence-electron chi connectivity index (χ4n) is 0.363. The van der Waals surface area contributed by atoms with Crippen molar-refractivity contribution in [1.29, 1.82) is 0 Å². The molecule has 4 heteroatoms. The summed E-state index contributed by atoms with van der Waals surface area (Å²) < 4.78 is 15.0. The van der Waals surface area contributed by atoms with Crippen molar-refractivity contribution in [1.82, 2.24) is 0 Å². The van der Waals surface area contributed by atoms with Gasteiger partial charge in [-0.25, -0.2) is 0 Å². The van der Waals surface area contributed by atoms with Crippen LogP contribution in [-0.4, -0.2) is 17.7 Å². The van der Waals surface area contributed by atoms with Crippen LogP contribution in [0.4, 0.5) is 0 Å². The maximum atomic E-state index is 10.6. The lowest BCUT2D eigenvalue weighted by Gasteiger charge is -2.04. The zero-order valence-electron chi connectivity index (χ0n) is 5.20. The summed E-state index contributed by atoms with van der Waals surface area (Å²) in [6.45, 7) is 1.86. The van der Waals surface area contributed by atoms with Gasteiger partial charge in [-0.1, -0.05) is 5.92 Å². The Bertz CT molecular complexity index is 158. The Balaban J connectivity index is 3.75. The van der Waals surface area contributed by atoms with Crippen LogP contribution in [0.25, 0.3) is 0 Å². The van der Waals surface area contributed by atoms with E-state index < -0.39 is 7.60 Å². The molecule has 0 saturated carbocycles. The molecule has 0 spiro atoms. The summed E-state index contributed by atoms with van der Waals surface area (Å²) in [5.74, 6) is 2.05. The van der Waals surface area contributed by atoms with Gasteiger partial charge in [0.25, 0.3) is 0 Å². The Hall–Kier alpha value is -0.290. The van der Waals surface area contributed by atoms with E-state index >= 15 is 0 Å². The van der Waals surface area contributed by atoms with Gasteiger partial charge in [0.2, 0.25) is 0 Å². The molecule has 1 atom stereocenters. The Labute approximate surface area is 54.6 Å². The normalized spacial score (nSPS) is 16.1. The number of hydrogen-bond acceptors (Lipinski definition) is 2. The quantitative estimate of drug-likeness (QED) is 0.476. The van der Waals surface area contributed by atoms with Crippen molar-refractivity contribution in [3.05, 3.63) is 0 Å². The van der Waals surface area contributed by atoms with Crippen molar-refractivity contribution in [3.63, 3.8) is 0 Å². The lowest BCUT2D eigenvalue weighted by molar-refractivity contribution is 0.277. The van der Waals surface area contributed by atoms with Crippen molar-refractivity contribution >= 4 is 7.60 Å². The minimum atomic E-state index is -3.43. The van der Waals surface area contributed by atoms with Gasteiger partial charge in [0.1, 0.15) is 6.16 Å². The smallest absolute Gasteiger partial charge is 0.324 e. The van der Waals surface area contributed by atoms with Gasteiger partial charge in [-0.15, -0.1) is 6.42 Å². The summed E-state index contributed by atoms with van der Waals surface area (Å²) >= 11 is 0. The van der Waals surface area contributed by atoms with Gasteiger partial charge in [0.15, 0.2) is 0 Å². The molecular formula is C5H9O3P. The first-order chi connectivity index (χ1) is 4.12. The molecular weight excluding hydrogens is 139 g/mol. The Morgan fingerprint density at radius 2 is 2.44 bits per heavy atom. The first kappa shape index (κ1) is 8.71. The van der Waals surface area contributed by atoms with E-state index in [0.717, 1.165) is 0 Å². The summed E-state index contributed by atoms with van der Waals surface area (Å²) in [6, 6.07) is 0. The largest absolute Gasteiger partial charge is 0.339 e. The number of hydrogen-bond donors (Lipinski definition) is 1. The lowest BCUT2D eigenvalue weighted by atomic mass is 10.8. The highest BCUT2D eigenvalue weighted by Crippen LogP contribution is 2.40. The molecule has 0 aliphatic carbocycles. The van der Waals surface area contributed by atoms with E-state index in [0.29, 0.717) is 0 Å². The molecule has 0 aliphatic heterocycles. The second-order valence-electron chi connectivity index (χ2n) is 1.42. The zero-order chi connectivity index (χ0) is 7.33. The molecule has 0 aromatic rings. The Morgan fingerprint density at radius 3 is 2.78 bits per heavy atom. The van der Waals surface area contributed by atoms with Crippen LogP contribution < -0.4 is 0 Å². The second kappa shape index (κ2) is 3.68. The van der Waals surface area contributed by atoms with Crippen LogP contribution in [0.5, 0.6) is 0 Å². The molecule has 0 aromatic carbocycles. The molecule has 3 nitrogen and oxygen atoms in total. The van der Waals surface area contributed by atoms with Crippen molar-refractivity contribution in [2.45, 2.75) is 6.92 Å². The van der Waals surface area contributed by atoms with Gasteiger partial charge < -0.3 is 9.42 Å². The van der Waals surface area contributed by atoms with Crippen LogP contribution in [0.3, 0.4) is 0 Å². The maximum Gasteiger partial charge on any atom is 0.339 e. The van der Waals surface area contributed by atoms with Crippen LogP contribution >= 0.6 is 7.60 Å². The molecule has 1 unspecified atom stereocenters. The topological polar surface area (TPSA) is 46.5 Å². The summed E-state index contributed by atoms with van der Waals surface area (Å²) in [5, 5.41) is 0. The third-order valence-corrected chi connectivity index (χ3v) is 1.87. The number of rotatable bonds is 3. The standard InChI is InChI=1S/C5H9O3P/c1-3-5-9(6,7)8-4-2/h1H,4-5H2,2H3,(H,6,7). The third-order valence-electron chi connectivity index (χ3n) is 0.622. The summed E-state index contributed by atoms with van der Waals surface area (Å²) in [6.07, 6.45) is 4.58. The molecule has 1 N–H and O–H groups in total. The number of terminal acetylenes is 1. The molecule has 0 radical (unpaired) electrons. The van der Waals surface area contributed by atoms with Crippen LogP contribution in [0, 0.1) is 12.3 Å². The first-order valence-electron chi connectivity index (χ1n) is 2.52. The van der Waals surface area contributed by atoms with E-state index in [1.54, 1.807) is 6.92 Å². The van der Waals surface area contributed by atoms with Crippen molar-refractivity contribution < 1.29 is 14.0 Å². The molecule has 0 amide bonds. The van der Waals surface area contributed by atoms with Crippen molar-refractivity contribution in [2.24, 2.45) is 0 Å². The molecule has 0 rings (SSSR count). The van der Waals surface area contributed by atoms with Crippen LogP contribution in [0.15, 0.2) is 0 Å². The first-order valence-corrected chi connectivity index (χ1v) is 4.28. The van der Waals surface area contributed by atoms with Crippen LogP contribution in [-0.2, 0) is 9.09 Å². The van der Waals surface area contributed by atoms with Gasteiger partial charge >= 0.3 is 7.60 Å². The Kier molecular flexibility index (Phi) is 3.56. The van der Waals surface area contributed by atoms with Gasteiger partial charge in [-0.2, -0.15) is 0 Å². The zero-order valence-corrected chi connectivity index (χ0v) is 6.10. The summed E-state index contributed by atoms with van der Waals surface area (Å²) in [4.78, 5) is 8.71. The van der Waals surface area contributed by atoms with E-state index in [2.05, 4.69) is 10.4 Å². The highest BCUT2D eigenvalue weighted by Gasteiger charge is 2.15. The molecule has 0 fully saturated rings. The molecule has 0 saturated heterocycles. The average molecular weight is 148 g/mol. The Morgan fingerprint density at radius 1 is 1.89 bits per heavy atom. The molecule has 0 aromatic heterocycles. The van der Waals surface area contributed by atoms with Gasteiger partial charge in [-0.3, -0.25) is 4.57 Å². The molecule has 0 aliphatic rings. The predicted molar refractivity (Wildman–Crippen MR) is 35.2 cm³/mol. The second-order valence-corrected chi connectivity index (χ2v) is 3.27.